The van der Waals surface area contributed by atoms with Crippen molar-refractivity contribution in [1.29, 1.82) is 0 Å². The number of piperidine rings is 1. The normalized spacial score (nSPS) is 17.5. The lowest BCUT2D eigenvalue weighted by atomic mass is 9.80. The molecular formula is C15H18FNO3S. The van der Waals surface area contributed by atoms with Crippen LogP contribution in [0.5, 0.6) is 0 Å². The summed E-state index contributed by atoms with van der Waals surface area (Å²) in [6.07, 6.45) is 0.963. The standard InChI is InChI=1S/C15H18FNO3S/c1-15(14(19)20)6-8-17(9-7-15)13(18)10-21-12-4-2-11(16)3-5-12/h2-5H,6-10H2,1H3,(H,19,20). The first-order valence-corrected chi connectivity index (χ1v) is 7.79. The molecule has 1 N–H and O–H groups in total. The van der Waals surface area contributed by atoms with Gasteiger partial charge in [0.25, 0.3) is 0 Å². The van der Waals surface area contributed by atoms with Crippen LogP contribution in [0.1, 0.15) is 19.8 Å². The third-order valence-electron chi connectivity index (χ3n) is 3.91. The fraction of sp³-hybridized carbons (Fsp3) is 0.467. The maximum Gasteiger partial charge on any atom is 0.309 e. The van der Waals surface area contributed by atoms with Gasteiger partial charge in [0.2, 0.25) is 5.91 Å². The number of carboxylic acid groups (broad SMARTS) is 1. The van der Waals surface area contributed by atoms with E-state index in [4.69, 9.17) is 5.11 Å². The van der Waals surface area contributed by atoms with E-state index < -0.39 is 11.4 Å². The summed E-state index contributed by atoms with van der Waals surface area (Å²) in [4.78, 5) is 25.8. The monoisotopic (exact) mass is 311 g/mol. The van der Waals surface area contributed by atoms with Crippen LogP contribution in [-0.4, -0.2) is 40.7 Å². The number of halogens is 1. The molecule has 1 fully saturated rings. The molecule has 2 rings (SSSR count). The zero-order valence-corrected chi connectivity index (χ0v) is 12.7. The van der Waals surface area contributed by atoms with Crippen molar-refractivity contribution in [1.82, 2.24) is 4.90 Å². The van der Waals surface area contributed by atoms with Gasteiger partial charge in [-0.05, 0) is 44.0 Å². The molecule has 0 aromatic heterocycles. The zero-order valence-electron chi connectivity index (χ0n) is 11.8. The Kier molecular flexibility index (Phi) is 4.88. The lowest BCUT2D eigenvalue weighted by Gasteiger charge is -2.36. The Labute approximate surface area is 127 Å². The summed E-state index contributed by atoms with van der Waals surface area (Å²) in [7, 11) is 0. The van der Waals surface area contributed by atoms with Crippen LogP contribution in [0.2, 0.25) is 0 Å². The molecule has 1 aliphatic heterocycles. The van der Waals surface area contributed by atoms with E-state index >= 15 is 0 Å². The Hall–Kier alpha value is -1.56. The lowest BCUT2D eigenvalue weighted by molar-refractivity contribution is -0.152. The summed E-state index contributed by atoms with van der Waals surface area (Å²) in [5, 5.41) is 9.16. The van der Waals surface area contributed by atoms with E-state index in [1.807, 2.05) is 0 Å². The second-order valence-corrected chi connectivity index (χ2v) is 6.54. The second-order valence-electron chi connectivity index (χ2n) is 5.49. The molecule has 0 unspecified atom stereocenters. The van der Waals surface area contributed by atoms with Gasteiger partial charge < -0.3 is 10.0 Å². The number of rotatable bonds is 4. The first-order valence-electron chi connectivity index (χ1n) is 6.80. The number of likely N-dealkylation sites (tertiary alicyclic amines) is 1. The number of nitrogens with zero attached hydrogens (tertiary/aromatic N) is 1. The van der Waals surface area contributed by atoms with Crippen molar-refractivity contribution in [3.8, 4) is 0 Å². The number of carboxylic acids is 1. The van der Waals surface area contributed by atoms with Crippen molar-refractivity contribution < 1.29 is 19.1 Å². The average molecular weight is 311 g/mol. The molecule has 1 heterocycles. The van der Waals surface area contributed by atoms with Gasteiger partial charge in [0.15, 0.2) is 0 Å². The first kappa shape index (κ1) is 15.8. The fourth-order valence-corrected chi connectivity index (χ4v) is 3.03. The van der Waals surface area contributed by atoms with Crippen LogP contribution < -0.4 is 0 Å². The maximum atomic E-state index is 12.8. The highest BCUT2D eigenvalue weighted by Gasteiger charge is 2.37. The predicted octanol–water partition coefficient (Wildman–Crippen LogP) is 2.63. The van der Waals surface area contributed by atoms with Gasteiger partial charge in [0.05, 0.1) is 11.2 Å². The van der Waals surface area contributed by atoms with E-state index in [9.17, 15) is 14.0 Å². The maximum absolute atomic E-state index is 12.8. The van der Waals surface area contributed by atoms with Crippen LogP contribution in [0.4, 0.5) is 4.39 Å². The number of aliphatic carboxylic acids is 1. The topological polar surface area (TPSA) is 57.6 Å². The molecule has 1 aliphatic rings. The van der Waals surface area contributed by atoms with Crippen molar-refractivity contribution in [2.75, 3.05) is 18.8 Å². The summed E-state index contributed by atoms with van der Waals surface area (Å²) in [6.45, 7) is 2.68. The smallest absolute Gasteiger partial charge is 0.309 e. The summed E-state index contributed by atoms with van der Waals surface area (Å²) >= 11 is 1.36. The Morgan fingerprint density at radius 2 is 1.86 bits per heavy atom. The number of carbonyl (C=O) groups excluding carboxylic acids is 1. The largest absolute Gasteiger partial charge is 0.481 e. The second kappa shape index (κ2) is 6.47. The Balaban J connectivity index is 1.82. The van der Waals surface area contributed by atoms with Crippen molar-refractivity contribution in [3.63, 3.8) is 0 Å². The van der Waals surface area contributed by atoms with E-state index in [0.717, 1.165) is 4.90 Å². The van der Waals surface area contributed by atoms with E-state index in [2.05, 4.69) is 0 Å². The number of hydrogen-bond acceptors (Lipinski definition) is 3. The van der Waals surface area contributed by atoms with Crippen LogP contribution in [0.15, 0.2) is 29.2 Å². The van der Waals surface area contributed by atoms with Crippen molar-refractivity contribution in [2.24, 2.45) is 5.41 Å². The highest BCUT2D eigenvalue weighted by atomic mass is 32.2. The highest BCUT2D eigenvalue weighted by Crippen LogP contribution is 2.31. The molecule has 0 radical (unpaired) electrons. The molecule has 114 valence electrons. The van der Waals surface area contributed by atoms with Crippen LogP contribution in [-0.2, 0) is 9.59 Å². The molecule has 1 aromatic carbocycles. The minimum absolute atomic E-state index is 0.00300. The first-order chi connectivity index (χ1) is 9.90. The van der Waals surface area contributed by atoms with Gasteiger partial charge in [-0.3, -0.25) is 9.59 Å². The molecule has 21 heavy (non-hydrogen) atoms. The average Bonchev–Trinajstić information content (AvgIpc) is 2.47. The third-order valence-corrected chi connectivity index (χ3v) is 4.91. The lowest BCUT2D eigenvalue weighted by Crippen LogP contribution is -2.45. The minimum atomic E-state index is -0.796. The van der Waals surface area contributed by atoms with Crippen molar-refractivity contribution >= 4 is 23.6 Å². The van der Waals surface area contributed by atoms with E-state index in [-0.39, 0.29) is 17.5 Å². The van der Waals surface area contributed by atoms with Gasteiger partial charge in [-0.25, -0.2) is 4.39 Å². The molecule has 0 aliphatic carbocycles. The van der Waals surface area contributed by atoms with Crippen LogP contribution >= 0.6 is 11.8 Å². The SMILES string of the molecule is CC1(C(=O)O)CCN(C(=O)CSc2ccc(F)cc2)CC1. The summed E-state index contributed by atoms with van der Waals surface area (Å²) in [5.74, 6) is -0.809. The Morgan fingerprint density at radius 1 is 1.29 bits per heavy atom. The Bertz CT molecular complexity index is 524. The molecule has 0 spiro atoms. The van der Waals surface area contributed by atoms with Gasteiger partial charge in [0, 0.05) is 18.0 Å². The fourth-order valence-electron chi connectivity index (χ4n) is 2.23. The van der Waals surface area contributed by atoms with Gasteiger partial charge >= 0.3 is 5.97 Å². The summed E-state index contributed by atoms with van der Waals surface area (Å²) < 4.78 is 12.8. The highest BCUT2D eigenvalue weighted by molar-refractivity contribution is 8.00. The van der Waals surface area contributed by atoms with Crippen LogP contribution in [0.3, 0.4) is 0 Å². The number of thioether (sulfide) groups is 1. The van der Waals surface area contributed by atoms with Crippen molar-refractivity contribution in [3.05, 3.63) is 30.1 Å². The van der Waals surface area contributed by atoms with Gasteiger partial charge in [-0.15, -0.1) is 11.8 Å². The molecule has 1 aromatic rings. The molecule has 0 bridgehead atoms. The molecule has 1 amide bonds. The van der Waals surface area contributed by atoms with Gasteiger partial charge in [-0.1, -0.05) is 0 Å². The van der Waals surface area contributed by atoms with Gasteiger partial charge in [0.1, 0.15) is 5.82 Å². The molecule has 0 saturated carbocycles. The zero-order chi connectivity index (χ0) is 15.5. The molecular weight excluding hydrogens is 293 g/mol. The van der Waals surface area contributed by atoms with E-state index in [1.54, 1.807) is 24.0 Å². The predicted molar refractivity (Wildman–Crippen MR) is 78.7 cm³/mol. The molecule has 0 atom stereocenters. The van der Waals surface area contributed by atoms with Crippen molar-refractivity contribution in [2.45, 2.75) is 24.7 Å². The molecule has 4 nitrogen and oxygen atoms in total. The van der Waals surface area contributed by atoms with Crippen LogP contribution in [0, 0.1) is 11.2 Å². The van der Waals surface area contributed by atoms with Gasteiger partial charge in [-0.2, -0.15) is 0 Å². The number of hydrogen-bond donors (Lipinski definition) is 1. The Morgan fingerprint density at radius 3 is 2.38 bits per heavy atom. The molecule has 6 heteroatoms. The van der Waals surface area contributed by atoms with E-state index in [0.29, 0.717) is 25.9 Å². The minimum Gasteiger partial charge on any atom is -0.481 e. The number of benzene rings is 1. The summed E-state index contributed by atoms with van der Waals surface area (Å²) in [6, 6.07) is 6.02. The summed E-state index contributed by atoms with van der Waals surface area (Å²) in [5.41, 5.74) is -0.721. The number of amides is 1. The van der Waals surface area contributed by atoms with E-state index in [1.165, 1.54) is 23.9 Å². The third kappa shape index (κ3) is 3.97. The number of carbonyl (C=O) groups is 2. The van der Waals surface area contributed by atoms with Crippen LogP contribution in [0.25, 0.3) is 0 Å². The quantitative estimate of drug-likeness (QED) is 0.869. The molecule has 1 saturated heterocycles.